The van der Waals surface area contributed by atoms with Crippen molar-refractivity contribution in [3.63, 3.8) is 0 Å². The molecule has 1 aliphatic rings. The Balaban J connectivity index is 2.34. The standard InChI is InChI=1S/C11H22N2/c1-9(2)13-6-4-11(5-7-13)10(3)8-12/h9,11H,3-8,12H2,1-2H3. The SMILES string of the molecule is C=C(CN)C1CCN(C(C)C)CC1. The average molecular weight is 182 g/mol. The average Bonchev–Trinajstić information content (AvgIpc) is 2.17. The Bertz CT molecular complexity index is 167. The number of nitrogens with two attached hydrogens (primary N) is 1. The fraction of sp³-hybridized carbons (Fsp3) is 0.818. The smallest absolute Gasteiger partial charge is 0.0136 e. The lowest BCUT2D eigenvalue weighted by molar-refractivity contribution is 0.160. The minimum absolute atomic E-state index is 0.659. The summed E-state index contributed by atoms with van der Waals surface area (Å²) in [5, 5.41) is 0. The van der Waals surface area contributed by atoms with Gasteiger partial charge in [-0.1, -0.05) is 12.2 Å². The molecule has 0 atom stereocenters. The van der Waals surface area contributed by atoms with E-state index < -0.39 is 0 Å². The lowest BCUT2D eigenvalue weighted by atomic mass is 9.89. The first-order valence-corrected chi connectivity index (χ1v) is 5.27. The molecular weight excluding hydrogens is 160 g/mol. The van der Waals surface area contributed by atoms with E-state index in [0.717, 1.165) is 0 Å². The van der Waals surface area contributed by atoms with Crippen molar-refractivity contribution < 1.29 is 0 Å². The predicted octanol–water partition coefficient (Wildman–Crippen LogP) is 1.62. The molecule has 0 saturated carbocycles. The van der Waals surface area contributed by atoms with Crippen LogP contribution in [0, 0.1) is 5.92 Å². The molecule has 2 N–H and O–H groups in total. The van der Waals surface area contributed by atoms with Crippen molar-refractivity contribution in [3.05, 3.63) is 12.2 Å². The van der Waals surface area contributed by atoms with E-state index in [-0.39, 0.29) is 0 Å². The van der Waals surface area contributed by atoms with E-state index in [1.807, 2.05) is 0 Å². The van der Waals surface area contributed by atoms with E-state index in [9.17, 15) is 0 Å². The molecule has 0 aromatic heterocycles. The summed E-state index contributed by atoms with van der Waals surface area (Å²) in [6.45, 7) is 11.6. The normalized spacial score (nSPS) is 20.9. The van der Waals surface area contributed by atoms with Gasteiger partial charge in [-0.3, -0.25) is 0 Å². The summed E-state index contributed by atoms with van der Waals surface area (Å²) in [6.07, 6.45) is 2.49. The maximum Gasteiger partial charge on any atom is 0.0136 e. The summed E-state index contributed by atoms with van der Waals surface area (Å²) in [7, 11) is 0. The fourth-order valence-electron chi connectivity index (χ4n) is 1.99. The van der Waals surface area contributed by atoms with Crippen molar-refractivity contribution in [1.82, 2.24) is 4.90 Å². The Morgan fingerprint density at radius 2 is 2.00 bits per heavy atom. The van der Waals surface area contributed by atoms with E-state index in [1.165, 1.54) is 31.5 Å². The van der Waals surface area contributed by atoms with Gasteiger partial charge in [-0.2, -0.15) is 0 Å². The van der Waals surface area contributed by atoms with Crippen LogP contribution in [0.2, 0.25) is 0 Å². The quantitative estimate of drug-likeness (QED) is 0.672. The van der Waals surface area contributed by atoms with Gasteiger partial charge < -0.3 is 10.6 Å². The maximum atomic E-state index is 5.58. The van der Waals surface area contributed by atoms with Crippen LogP contribution in [0.25, 0.3) is 0 Å². The van der Waals surface area contributed by atoms with Gasteiger partial charge in [0.2, 0.25) is 0 Å². The van der Waals surface area contributed by atoms with Crippen LogP contribution >= 0.6 is 0 Å². The van der Waals surface area contributed by atoms with Gasteiger partial charge in [0, 0.05) is 12.6 Å². The van der Waals surface area contributed by atoms with Crippen LogP contribution in [0.4, 0.5) is 0 Å². The molecule has 0 bridgehead atoms. The van der Waals surface area contributed by atoms with Gasteiger partial charge >= 0.3 is 0 Å². The van der Waals surface area contributed by atoms with Crippen LogP contribution in [0.3, 0.4) is 0 Å². The molecule has 0 aromatic rings. The largest absolute Gasteiger partial charge is 0.327 e. The molecule has 1 rings (SSSR count). The Morgan fingerprint density at radius 1 is 1.46 bits per heavy atom. The summed E-state index contributed by atoms with van der Waals surface area (Å²) >= 11 is 0. The van der Waals surface area contributed by atoms with Crippen molar-refractivity contribution in [2.45, 2.75) is 32.7 Å². The monoisotopic (exact) mass is 182 g/mol. The van der Waals surface area contributed by atoms with Crippen molar-refractivity contribution in [2.75, 3.05) is 19.6 Å². The third-order valence-corrected chi connectivity index (χ3v) is 3.10. The van der Waals surface area contributed by atoms with Crippen molar-refractivity contribution in [1.29, 1.82) is 0 Å². The fourth-order valence-corrected chi connectivity index (χ4v) is 1.99. The zero-order valence-corrected chi connectivity index (χ0v) is 8.92. The third-order valence-electron chi connectivity index (χ3n) is 3.10. The molecule has 0 amide bonds. The Kier molecular flexibility index (Phi) is 3.94. The number of rotatable bonds is 3. The van der Waals surface area contributed by atoms with Gasteiger partial charge in [0.15, 0.2) is 0 Å². The highest BCUT2D eigenvalue weighted by Gasteiger charge is 2.21. The van der Waals surface area contributed by atoms with Crippen LogP contribution in [0.5, 0.6) is 0 Å². The second-order valence-corrected chi connectivity index (χ2v) is 4.27. The molecule has 1 aliphatic heterocycles. The van der Waals surface area contributed by atoms with Gasteiger partial charge in [0.25, 0.3) is 0 Å². The number of hydrogen-bond acceptors (Lipinski definition) is 2. The van der Waals surface area contributed by atoms with Gasteiger partial charge in [0.05, 0.1) is 0 Å². The minimum Gasteiger partial charge on any atom is -0.327 e. The zero-order valence-electron chi connectivity index (χ0n) is 8.92. The van der Waals surface area contributed by atoms with E-state index in [4.69, 9.17) is 5.73 Å². The van der Waals surface area contributed by atoms with Crippen LogP contribution < -0.4 is 5.73 Å². The molecule has 2 nitrogen and oxygen atoms in total. The second kappa shape index (κ2) is 4.77. The lowest BCUT2D eigenvalue weighted by Gasteiger charge is -2.35. The Morgan fingerprint density at radius 3 is 2.38 bits per heavy atom. The highest BCUT2D eigenvalue weighted by atomic mass is 15.1. The van der Waals surface area contributed by atoms with Crippen molar-refractivity contribution >= 4 is 0 Å². The first kappa shape index (κ1) is 10.7. The first-order valence-electron chi connectivity index (χ1n) is 5.27. The Labute approximate surface area is 81.8 Å². The summed E-state index contributed by atoms with van der Waals surface area (Å²) in [5.74, 6) is 0.681. The van der Waals surface area contributed by atoms with E-state index >= 15 is 0 Å². The number of hydrogen-bond donors (Lipinski definition) is 1. The highest BCUT2D eigenvalue weighted by Crippen LogP contribution is 2.23. The minimum atomic E-state index is 0.659. The molecule has 0 aliphatic carbocycles. The molecule has 0 aromatic carbocycles. The third kappa shape index (κ3) is 2.82. The van der Waals surface area contributed by atoms with Crippen molar-refractivity contribution in [3.8, 4) is 0 Å². The van der Waals surface area contributed by atoms with Crippen molar-refractivity contribution in [2.24, 2.45) is 11.7 Å². The number of nitrogens with zero attached hydrogens (tertiary/aromatic N) is 1. The van der Waals surface area contributed by atoms with E-state index in [0.29, 0.717) is 18.5 Å². The predicted molar refractivity (Wildman–Crippen MR) is 57.6 cm³/mol. The molecule has 13 heavy (non-hydrogen) atoms. The molecule has 76 valence electrons. The van der Waals surface area contributed by atoms with Crippen LogP contribution in [0.15, 0.2) is 12.2 Å². The summed E-state index contributed by atoms with van der Waals surface area (Å²) < 4.78 is 0. The van der Waals surface area contributed by atoms with Crippen LogP contribution in [0.1, 0.15) is 26.7 Å². The Hall–Kier alpha value is -0.340. The van der Waals surface area contributed by atoms with Gasteiger partial charge in [0.1, 0.15) is 0 Å². The van der Waals surface area contributed by atoms with E-state index in [2.05, 4.69) is 25.3 Å². The summed E-state index contributed by atoms with van der Waals surface area (Å²) in [5.41, 5.74) is 6.82. The van der Waals surface area contributed by atoms with Gasteiger partial charge in [-0.25, -0.2) is 0 Å². The van der Waals surface area contributed by atoms with Crippen LogP contribution in [-0.4, -0.2) is 30.6 Å². The molecule has 0 unspecified atom stereocenters. The van der Waals surface area contributed by atoms with Gasteiger partial charge in [-0.15, -0.1) is 0 Å². The molecule has 1 heterocycles. The molecule has 2 heteroatoms. The molecule has 1 saturated heterocycles. The van der Waals surface area contributed by atoms with Gasteiger partial charge in [-0.05, 0) is 45.7 Å². The van der Waals surface area contributed by atoms with E-state index in [1.54, 1.807) is 0 Å². The second-order valence-electron chi connectivity index (χ2n) is 4.27. The lowest BCUT2D eigenvalue weighted by Crippen LogP contribution is -2.39. The summed E-state index contributed by atoms with van der Waals surface area (Å²) in [4.78, 5) is 2.53. The number of piperidine rings is 1. The molecule has 1 fully saturated rings. The first-order chi connectivity index (χ1) is 6.15. The highest BCUT2D eigenvalue weighted by molar-refractivity contribution is 5.03. The zero-order chi connectivity index (χ0) is 9.84. The molecular formula is C11H22N2. The maximum absolute atomic E-state index is 5.58. The van der Waals surface area contributed by atoms with Crippen LogP contribution in [-0.2, 0) is 0 Å². The number of likely N-dealkylation sites (tertiary alicyclic amines) is 1. The molecule has 0 spiro atoms. The summed E-state index contributed by atoms with van der Waals surface area (Å²) in [6, 6.07) is 0.687. The topological polar surface area (TPSA) is 29.3 Å². The molecule has 0 radical (unpaired) electrons.